The van der Waals surface area contributed by atoms with E-state index in [0.717, 1.165) is 0 Å². The summed E-state index contributed by atoms with van der Waals surface area (Å²) in [4.78, 5) is 11.9. The van der Waals surface area contributed by atoms with Gasteiger partial charge in [0.05, 0.1) is 5.75 Å². The van der Waals surface area contributed by atoms with E-state index < -0.39 is 10.0 Å². The van der Waals surface area contributed by atoms with Crippen LogP contribution in [0, 0.1) is 5.92 Å². The number of alkyl halides is 1. The van der Waals surface area contributed by atoms with Gasteiger partial charge in [0, 0.05) is 38.0 Å². The van der Waals surface area contributed by atoms with E-state index >= 15 is 0 Å². The molecule has 124 valence electrons. The quantitative estimate of drug-likeness (QED) is 0.474. The van der Waals surface area contributed by atoms with E-state index in [2.05, 4.69) is 5.32 Å². The molecule has 1 rings (SSSR count). The summed E-state index contributed by atoms with van der Waals surface area (Å²) >= 11 is 5.55. The molecule has 21 heavy (non-hydrogen) atoms. The van der Waals surface area contributed by atoms with Crippen molar-refractivity contribution in [2.75, 3.05) is 37.9 Å². The molecule has 1 saturated heterocycles. The number of aliphatic hydroxyl groups excluding tert-OH is 1. The van der Waals surface area contributed by atoms with Gasteiger partial charge in [0.2, 0.25) is 15.9 Å². The number of carbonyl (C=O) groups excluding carboxylic acids is 1. The van der Waals surface area contributed by atoms with Gasteiger partial charge in [-0.3, -0.25) is 4.79 Å². The van der Waals surface area contributed by atoms with Crippen LogP contribution in [0.5, 0.6) is 0 Å². The van der Waals surface area contributed by atoms with E-state index in [-0.39, 0.29) is 24.2 Å². The molecule has 0 aromatic rings. The summed E-state index contributed by atoms with van der Waals surface area (Å²) in [7, 11) is -3.22. The molecule has 1 heterocycles. The average molecular weight is 341 g/mol. The lowest BCUT2D eigenvalue weighted by molar-refractivity contribution is -0.126. The highest BCUT2D eigenvalue weighted by Gasteiger charge is 2.30. The van der Waals surface area contributed by atoms with Crippen LogP contribution >= 0.6 is 11.6 Å². The highest BCUT2D eigenvalue weighted by Crippen LogP contribution is 2.20. The molecule has 0 atom stereocenters. The Morgan fingerprint density at radius 1 is 1.24 bits per heavy atom. The van der Waals surface area contributed by atoms with Crippen LogP contribution in [0.2, 0.25) is 0 Å². The molecule has 0 radical (unpaired) electrons. The fraction of sp³-hybridized carbons (Fsp3) is 0.923. The number of nitrogens with zero attached hydrogens (tertiary/aromatic N) is 1. The molecule has 0 bridgehead atoms. The summed E-state index contributed by atoms with van der Waals surface area (Å²) in [6.45, 7) is 1.33. The normalized spacial score (nSPS) is 17.8. The highest BCUT2D eigenvalue weighted by atomic mass is 35.5. The van der Waals surface area contributed by atoms with Crippen LogP contribution in [0.1, 0.15) is 32.1 Å². The molecule has 0 aromatic heterocycles. The fourth-order valence-electron chi connectivity index (χ4n) is 2.34. The number of sulfonamides is 1. The zero-order chi connectivity index (χ0) is 15.7. The number of hydrogen-bond donors (Lipinski definition) is 2. The van der Waals surface area contributed by atoms with Crippen LogP contribution in [0.25, 0.3) is 0 Å². The van der Waals surface area contributed by atoms with Gasteiger partial charge in [0.25, 0.3) is 0 Å². The lowest BCUT2D eigenvalue weighted by Gasteiger charge is -2.30. The molecular formula is C13H25ClN2O4S. The largest absolute Gasteiger partial charge is 0.396 e. The van der Waals surface area contributed by atoms with Gasteiger partial charge in [0.1, 0.15) is 0 Å². The van der Waals surface area contributed by atoms with Gasteiger partial charge in [0.15, 0.2) is 0 Å². The topological polar surface area (TPSA) is 86.7 Å². The van der Waals surface area contributed by atoms with Gasteiger partial charge in [-0.1, -0.05) is 0 Å². The van der Waals surface area contributed by atoms with Crippen molar-refractivity contribution in [1.82, 2.24) is 9.62 Å². The van der Waals surface area contributed by atoms with Crippen LogP contribution in [-0.2, 0) is 14.8 Å². The van der Waals surface area contributed by atoms with E-state index in [9.17, 15) is 13.2 Å². The summed E-state index contributed by atoms with van der Waals surface area (Å²) in [5.74, 6) is 0.444. The molecule has 2 N–H and O–H groups in total. The van der Waals surface area contributed by atoms with Gasteiger partial charge < -0.3 is 10.4 Å². The minimum atomic E-state index is -3.22. The summed E-state index contributed by atoms with van der Waals surface area (Å²) < 4.78 is 25.7. The standard InChI is InChI=1S/C13H25ClN2O4S/c14-6-1-2-11-21(19,20)16-8-4-12(5-9-16)13(18)15-7-3-10-17/h12,17H,1-11H2,(H,15,18). The Bertz CT molecular complexity index is 408. The van der Waals surface area contributed by atoms with Crippen LogP contribution in [0.4, 0.5) is 0 Å². The Hall–Kier alpha value is -0.370. The van der Waals surface area contributed by atoms with E-state index in [4.69, 9.17) is 16.7 Å². The molecule has 1 aliphatic rings. The third-order valence-electron chi connectivity index (χ3n) is 3.64. The first kappa shape index (κ1) is 18.7. The van der Waals surface area contributed by atoms with E-state index in [1.54, 1.807) is 0 Å². The molecule has 1 fully saturated rings. The molecule has 0 aromatic carbocycles. The van der Waals surface area contributed by atoms with Gasteiger partial charge in [-0.2, -0.15) is 0 Å². The Balaban J connectivity index is 2.35. The maximum absolute atomic E-state index is 12.1. The smallest absolute Gasteiger partial charge is 0.223 e. The van der Waals surface area contributed by atoms with Crippen molar-refractivity contribution in [2.24, 2.45) is 5.92 Å². The number of amides is 1. The van der Waals surface area contributed by atoms with E-state index in [1.165, 1.54) is 4.31 Å². The molecular weight excluding hydrogens is 316 g/mol. The van der Waals surface area contributed by atoms with Gasteiger partial charge in [-0.15, -0.1) is 11.6 Å². The summed E-state index contributed by atoms with van der Waals surface area (Å²) in [6.07, 6.45) is 2.93. The minimum Gasteiger partial charge on any atom is -0.396 e. The average Bonchev–Trinajstić information content (AvgIpc) is 2.47. The molecule has 1 aliphatic heterocycles. The number of nitrogens with one attached hydrogen (secondary N) is 1. The molecule has 8 heteroatoms. The Kier molecular flexibility index (Phi) is 8.55. The lowest BCUT2D eigenvalue weighted by Crippen LogP contribution is -2.43. The number of piperidine rings is 1. The fourth-order valence-corrected chi connectivity index (χ4v) is 4.12. The number of hydrogen-bond acceptors (Lipinski definition) is 4. The van der Waals surface area contributed by atoms with Gasteiger partial charge in [-0.05, 0) is 32.1 Å². The van der Waals surface area contributed by atoms with Crippen molar-refractivity contribution in [3.63, 3.8) is 0 Å². The zero-order valence-electron chi connectivity index (χ0n) is 12.3. The number of carbonyl (C=O) groups is 1. The van der Waals surface area contributed by atoms with E-state index in [0.29, 0.717) is 57.6 Å². The van der Waals surface area contributed by atoms with Crippen molar-refractivity contribution >= 4 is 27.5 Å². The Morgan fingerprint density at radius 2 is 1.90 bits per heavy atom. The molecule has 0 saturated carbocycles. The number of unbranched alkanes of at least 4 members (excludes halogenated alkanes) is 1. The van der Waals surface area contributed by atoms with Crippen molar-refractivity contribution in [3.8, 4) is 0 Å². The second kappa shape index (κ2) is 9.61. The third-order valence-corrected chi connectivity index (χ3v) is 5.86. The van der Waals surface area contributed by atoms with Crippen LogP contribution in [-0.4, -0.2) is 61.6 Å². The Morgan fingerprint density at radius 3 is 2.48 bits per heavy atom. The molecule has 0 unspecified atom stereocenters. The van der Waals surface area contributed by atoms with Crippen LogP contribution in [0.3, 0.4) is 0 Å². The van der Waals surface area contributed by atoms with E-state index in [1.807, 2.05) is 0 Å². The molecule has 0 spiro atoms. The maximum Gasteiger partial charge on any atom is 0.223 e. The van der Waals surface area contributed by atoms with Crippen LogP contribution < -0.4 is 5.32 Å². The second-order valence-electron chi connectivity index (χ2n) is 5.25. The summed E-state index contributed by atoms with van der Waals surface area (Å²) in [5, 5.41) is 11.4. The van der Waals surface area contributed by atoms with Crippen molar-refractivity contribution < 1.29 is 18.3 Å². The number of rotatable bonds is 9. The van der Waals surface area contributed by atoms with Crippen molar-refractivity contribution in [3.05, 3.63) is 0 Å². The first-order valence-corrected chi connectivity index (χ1v) is 9.58. The maximum atomic E-state index is 12.1. The highest BCUT2D eigenvalue weighted by molar-refractivity contribution is 7.89. The van der Waals surface area contributed by atoms with Crippen molar-refractivity contribution in [2.45, 2.75) is 32.1 Å². The first-order valence-electron chi connectivity index (χ1n) is 7.43. The predicted molar refractivity (Wildman–Crippen MR) is 82.8 cm³/mol. The summed E-state index contributed by atoms with van der Waals surface area (Å²) in [5.41, 5.74) is 0. The van der Waals surface area contributed by atoms with Gasteiger partial charge >= 0.3 is 0 Å². The summed E-state index contributed by atoms with van der Waals surface area (Å²) in [6, 6.07) is 0. The van der Waals surface area contributed by atoms with Crippen LogP contribution in [0.15, 0.2) is 0 Å². The predicted octanol–water partition coefficient (Wildman–Crippen LogP) is 0.546. The zero-order valence-corrected chi connectivity index (χ0v) is 13.8. The second-order valence-corrected chi connectivity index (χ2v) is 7.72. The third kappa shape index (κ3) is 6.50. The van der Waals surface area contributed by atoms with Crippen molar-refractivity contribution in [1.29, 1.82) is 0 Å². The number of aliphatic hydroxyl groups is 1. The first-order chi connectivity index (χ1) is 10.0. The molecule has 0 aliphatic carbocycles. The Labute approximate surface area is 131 Å². The lowest BCUT2D eigenvalue weighted by atomic mass is 9.97. The SMILES string of the molecule is O=C(NCCCO)C1CCN(S(=O)(=O)CCCCCl)CC1. The number of halogens is 1. The van der Waals surface area contributed by atoms with Gasteiger partial charge in [-0.25, -0.2) is 12.7 Å². The molecule has 1 amide bonds. The minimum absolute atomic E-state index is 0.0392. The molecule has 6 nitrogen and oxygen atoms in total. The monoisotopic (exact) mass is 340 g/mol.